The summed E-state index contributed by atoms with van der Waals surface area (Å²) in [5, 5.41) is 5.17. The molecular weight excluding hydrogens is 360 g/mol. The van der Waals surface area contributed by atoms with Gasteiger partial charge in [0.1, 0.15) is 0 Å². The monoisotopic (exact) mass is 378 g/mol. The fourth-order valence-corrected chi connectivity index (χ4v) is 3.34. The lowest BCUT2D eigenvalue weighted by Crippen LogP contribution is -2.30. The third-order valence-corrected chi connectivity index (χ3v) is 5.15. The predicted octanol–water partition coefficient (Wildman–Crippen LogP) is 1.51. The number of aryl methyl sites for hydroxylation is 1. The number of halogens is 1. The Morgan fingerprint density at radius 2 is 2.05 bits per heavy atom. The Morgan fingerprint density at radius 1 is 1.43 bits per heavy atom. The number of nitrogens with two attached hydrogens (primary N) is 1. The number of likely N-dealkylation sites (N-methyl/N-ethyl adjacent to an activating group) is 1. The Bertz CT molecular complexity index is 631. The lowest BCUT2D eigenvalue weighted by molar-refractivity contribution is 0.0709. The van der Waals surface area contributed by atoms with Crippen LogP contribution in [-0.2, 0) is 14.8 Å². The van der Waals surface area contributed by atoms with E-state index >= 15 is 0 Å². The summed E-state index contributed by atoms with van der Waals surface area (Å²) in [7, 11) is -2.27. The number of primary sulfonamides is 1. The lowest BCUT2D eigenvalue weighted by atomic mass is 10.1. The van der Waals surface area contributed by atoms with Gasteiger partial charge in [0, 0.05) is 30.2 Å². The van der Waals surface area contributed by atoms with Crippen LogP contribution in [0.25, 0.3) is 0 Å². The largest absolute Gasteiger partial charge is 0.380 e. The summed E-state index contributed by atoms with van der Waals surface area (Å²) in [4.78, 5) is 13.7. The van der Waals surface area contributed by atoms with Gasteiger partial charge in [-0.15, -0.1) is 0 Å². The van der Waals surface area contributed by atoms with Crippen LogP contribution < -0.4 is 5.14 Å². The van der Waals surface area contributed by atoms with E-state index in [0.29, 0.717) is 29.8 Å². The van der Waals surface area contributed by atoms with Crippen molar-refractivity contribution in [1.29, 1.82) is 0 Å². The topological polar surface area (TPSA) is 89.7 Å². The fraction of sp³-hybridized carbons (Fsp3) is 0.462. The predicted molar refractivity (Wildman–Crippen MR) is 83.7 cm³/mol. The van der Waals surface area contributed by atoms with Gasteiger partial charge < -0.3 is 9.64 Å². The number of carbonyl (C=O) groups excluding carboxylic acids is 1. The zero-order valence-electron chi connectivity index (χ0n) is 12.2. The molecular formula is C13H19BrN2O4S. The van der Waals surface area contributed by atoms with Gasteiger partial charge in [-0.05, 0) is 47.5 Å². The third-order valence-electron chi connectivity index (χ3n) is 2.90. The van der Waals surface area contributed by atoms with Crippen LogP contribution in [0.15, 0.2) is 21.5 Å². The number of amides is 1. The molecule has 0 aromatic heterocycles. The minimum absolute atomic E-state index is 0.0935. The summed E-state index contributed by atoms with van der Waals surface area (Å²) in [5.41, 5.74) is 0.904. The molecule has 0 atom stereocenters. The van der Waals surface area contributed by atoms with Gasteiger partial charge in [0.15, 0.2) is 0 Å². The van der Waals surface area contributed by atoms with Crippen molar-refractivity contribution in [1.82, 2.24) is 4.90 Å². The molecule has 1 rings (SSSR count). The van der Waals surface area contributed by atoms with Crippen LogP contribution in [0.5, 0.6) is 0 Å². The molecule has 1 aromatic carbocycles. The van der Waals surface area contributed by atoms with Crippen molar-refractivity contribution in [3.05, 3.63) is 27.7 Å². The fourth-order valence-electron chi connectivity index (χ4n) is 1.74. The van der Waals surface area contributed by atoms with E-state index < -0.39 is 10.0 Å². The summed E-state index contributed by atoms with van der Waals surface area (Å²) in [5.74, 6) is -0.282. The minimum atomic E-state index is -3.90. The molecule has 0 bridgehead atoms. The molecule has 0 aliphatic heterocycles. The Hall–Kier alpha value is -0.960. The van der Waals surface area contributed by atoms with E-state index in [0.717, 1.165) is 0 Å². The number of hydrogen-bond acceptors (Lipinski definition) is 4. The highest BCUT2D eigenvalue weighted by Crippen LogP contribution is 2.26. The van der Waals surface area contributed by atoms with Crippen LogP contribution in [0.3, 0.4) is 0 Å². The number of ether oxygens (including phenoxy) is 1. The summed E-state index contributed by atoms with van der Waals surface area (Å²) >= 11 is 3.18. The average Bonchev–Trinajstić information content (AvgIpc) is 2.39. The third kappa shape index (κ3) is 4.77. The molecule has 6 nitrogen and oxygen atoms in total. The Balaban J connectivity index is 3.09. The SMILES string of the molecule is CCOCCN(C)C(=O)c1cc(C)c(Br)c(S(N)(=O)=O)c1. The first kappa shape index (κ1) is 18.1. The minimum Gasteiger partial charge on any atom is -0.380 e. The van der Waals surface area contributed by atoms with Crippen molar-refractivity contribution >= 4 is 31.9 Å². The molecule has 8 heteroatoms. The van der Waals surface area contributed by atoms with Crippen LogP contribution in [0.4, 0.5) is 0 Å². The highest BCUT2D eigenvalue weighted by Gasteiger charge is 2.20. The van der Waals surface area contributed by atoms with E-state index in [1.807, 2.05) is 6.92 Å². The van der Waals surface area contributed by atoms with Gasteiger partial charge in [-0.2, -0.15) is 0 Å². The van der Waals surface area contributed by atoms with E-state index in [2.05, 4.69) is 15.9 Å². The van der Waals surface area contributed by atoms with Crippen molar-refractivity contribution in [3.63, 3.8) is 0 Å². The second kappa shape index (κ2) is 7.35. The van der Waals surface area contributed by atoms with Gasteiger partial charge in [0.05, 0.1) is 11.5 Å². The van der Waals surface area contributed by atoms with E-state index in [-0.39, 0.29) is 16.4 Å². The summed E-state index contributed by atoms with van der Waals surface area (Å²) in [6, 6.07) is 2.91. The van der Waals surface area contributed by atoms with Gasteiger partial charge in [0.2, 0.25) is 10.0 Å². The highest BCUT2D eigenvalue weighted by molar-refractivity contribution is 9.10. The number of nitrogens with zero attached hydrogens (tertiary/aromatic N) is 1. The van der Waals surface area contributed by atoms with Crippen LogP contribution in [0, 0.1) is 6.92 Å². The molecule has 0 saturated carbocycles. The van der Waals surface area contributed by atoms with Crippen LogP contribution in [0.2, 0.25) is 0 Å². The van der Waals surface area contributed by atoms with Gasteiger partial charge in [-0.25, -0.2) is 13.6 Å². The molecule has 1 amide bonds. The molecule has 0 unspecified atom stereocenters. The highest BCUT2D eigenvalue weighted by atomic mass is 79.9. The molecule has 0 fully saturated rings. The number of hydrogen-bond donors (Lipinski definition) is 1. The molecule has 1 aromatic rings. The van der Waals surface area contributed by atoms with E-state index in [4.69, 9.17) is 9.88 Å². The first-order valence-electron chi connectivity index (χ1n) is 6.34. The second-order valence-corrected chi connectivity index (χ2v) is 6.90. The molecule has 21 heavy (non-hydrogen) atoms. The number of benzene rings is 1. The summed E-state index contributed by atoms with van der Waals surface area (Å²) in [6.45, 7) is 5.01. The second-order valence-electron chi connectivity index (χ2n) is 4.57. The Labute approximate surface area is 133 Å². The molecule has 118 valence electrons. The zero-order chi connectivity index (χ0) is 16.2. The van der Waals surface area contributed by atoms with Crippen LogP contribution in [0.1, 0.15) is 22.8 Å². The van der Waals surface area contributed by atoms with Crippen molar-refractivity contribution in [2.24, 2.45) is 5.14 Å². The average molecular weight is 379 g/mol. The molecule has 0 aliphatic carbocycles. The Kier molecular flexibility index (Phi) is 6.33. The lowest BCUT2D eigenvalue weighted by Gasteiger charge is -2.18. The smallest absolute Gasteiger partial charge is 0.253 e. The molecule has 0 spiro atoms. The quantitative estimate of drug-likeness (QED) is 0.759. The van der Waals surface area contributed by atoms with Gasteiger partial charge in [-0.3, -0.25) is 4.79 Å². The van der Waals surface area contributed by atoms with Crippen molar-refractivity contribution < 1.29 is 17.9 Å². The maximum atomic E-state index is 12.3. The van der Waals surface area contributed by atoms with E-state index in [1.165, 1.54) is 11.0 Å². The van der Waals surface area contributed by atoms with E-state index in [1.54, 1.807) is 20.0 Å². The molecule has 0 saturated heterocycles. The summed E-state index contributed by atoms with van der Waals surface area (Å²) < 4.78 is 28.7. The maximum Gasteiger partial charge on any atom is 0.253 e. The van der Waals surface area contributed by atoms with Crippen molar-refractivity contribution in [2.45, 2.75) is 18.7 Å². The first-order valence-corrected chi connectivity index (χ1v) is 8.68. The van der Waals surface area contributed by atoms with Crippen LogP contribution >= 0.6 is 15.9 Å². The summed E-state index contributed by atoms with van der Waals surface area (Å²) in [6.07, 6.45) is 0. The number of carbonyl (C=O) groups is 1. The van der Waals surface area contributed by atoms with Crippen molar-refractivity contribution in [3.8, 4) is 0 Å². The normalized spacial score (nSPS) is 11.5. The first-order chi connectivity index (χ1) is 9.68. The number of sulfonamides is 1. The van der Waals surface area contributed by atoms with Gasteiger partial charge in [-0.1, -0.05) is 0 Å². The zero-order valence-corrected chi connectivity index (χ0v) is 14.6. The van der Waals surface area contributed by atoms with Crippen molar-refractivity contribution in [2.75, 3.05) is 26.8 Å². The van der Waals surface area contributed by atoms with Crippen LogP contribution in [-0.4, -0.2) is 46.0 Å². The molecule has 2 N–H and O–H groups in total. The Morgan fingerprint density at radius 3 is 2.57 bits per heavy atom. The maximum absolute atomic E-state index is 12.3. The van der Waals surface area contributed by atoms with E-state index in [9.17, 15) is 13.2 Å². The molecule has 0 aliphatic rings. The van der Waals surface area contributed by atoms with Gasteiger partial charge in [0.25, 0.3) is 5.91 Å². The standard InChI is InChI=1S/C13H19BrN2O4S/c1-4-20-6-5-16(3)13(17)10-7-9(2)12(14)11(8-10)21(15,18)19/h7-8H,4-6H2,1-3H3,(H2,15,18,19). The molecule has 0 heterocycles. The van der Waals surface area contributed by atoms with Gasteiger partial charge >= 0.3 is 0 Å². The number of rotatable bonds is 6. The molecule has 0 radical (unpaired) electrons.